The molecule has 0 aliphatic carbocycles. The van der Waals surface area contributed by atoms with Gasteiger partial charge in [-0.2, -0.15) is 4.31 Å². The number of nitrogens with zero attached hydrogens (tertiary/aromatic N) is 2. The smallest absolute Gasteiger partial charge is 0.243 e. The molecule has 9 heteroatoms. The fourth-order valence-corrected chi connectivity index (χ4v) is 4.89. The van der Waals surface area contributed by atoms with Gasteiger partial charge >= 0.3 is 0 Å². The van der Waals surface area contributed by atoms with Crippen molar-refractivity contribution in [1.29, 1.82) is 0 Å². The van der Waals surface area contributed by atoms with Crippen molar-refractivity contribution in [2.24, 2.45) is 5.92 Å². The van der Waals surface area contributed by atoms with Crippen LogP contribution >= 0.6 is 0 Å². The zero-order valence-electron chi connectivity index (χ0n) is 16.7. The molecule has 8 nitrogen and oxygen atoms in total. The lowest BCUT2D eigenvalue weighted by Crippen LogP contribution is -2.45. The number of pyridine rings is 1. The number of sulfonamides is 1. The van der Waals surface area contributed by atoms with Crippen molar-refractivity contribution in [3.8, 4) is 0 Å². The van der Waals surface area contributed by atoms with Crippen molar-refractivity contribution in [3.63, 3.8) is 0 Å². The second-order valence-electron chi connectivity index (χ2n) is 7.19. The third-order valence-corrected chi connectivity index (χ3v) is 6.91. The van der Waals surface area contributed by atoms with Gasteiger partial charge in [0.25, 0.3) is 0 Å². The fraction of sp³-hybridized carbons (Fsp3) is 0.381. The first kappa shape index (κ1) is 21.9. The number of hydrogen-bond donors (Lipinski definition) is 2. The third kappa shape index (κ3) is 5.87. The van der Waals surface area contributed by atoms with Gasteiger partial charge in [0.1, 0.15) is 0 Å². The molecule has 1 saturated heterocycles. The zero-order chi connectivity index (χ0) is 21.4. The molecule has 30 heavy (non-hydrogen) atoms. The lowest BCUT2D eigenvalue weighted by molar-refractivity contribution is -0.126. The van der Waals surface area contributed by atoms with Crippen LogP contribution in [0.2, 0.25) is 0 Å². The summed E-state index contributed by atoms with van der Waals surface area (Å²) in [6, 6.07) is 11.9. The Kier molecular flexibility index (Phi) is 7.53. The molecule has 1 aliphatic heterocycles. The summed E-state index contributed by atoms with van der Waals surface area (Å²) in [5, 5.41) is 5.55. The van der Waals surface area contributed by atoms with E-state index in [9.17, 15) is 18.0 Å². The summed E-state index contributed by atoms with van der Waals surface area (Å²) >= 11 is 0. The van der Waals surface area contributed by atoms with Crippen molar-refractivity contribution in [2.75, 3.05) is 19.6 Å². The number of piperidine rings is 1. The largest absolute Gasteiger partial charge is 0.355 e. The van der Waals surface area contributed by atoms with Crippen LogP contribution in [0.4, 0.5) is 0 Å². The van der Waals surface area contributed by atoms with Crippen LogP contribution in [0.25, 0.3) is 0 Å². The molecule has 3 rings (SSSR count). The molecule has 1 aromatic carbocycles. The second-order valence-corrected chi connectivity index (χ2v) is 9.13. The maximum absolute atomic E-state index is 12.8. The number of amides is 2. The van der Waals surface area contributed by atoms with Crippen LogP contribution in [0.15, 0.2) is 59.8 Å². The van der Waals surface area contributed by atoms with E-state index in [2.05, 4.69) is 15.6 Å². The molecule has 160 valence electrons. The van der Waals surface area contributed by atoms with Crippen molar-refractivity contribution >= 4 is 21.8 Å². The number of carbonyl (C=O) groups is 2. The first-order valence-electron chi connectivity index (χ1n) is 9.95. The summed E-state index contributed by atoms with van der Waals surface area (Å²) in [5.41, 5.74) is 0.948. The second kappa shape index (κ2) is 10.3. The highest BCUT2D eigenvalue weighted by atomic mass is 32.2. The van der Waals surface area contributed by atoms with Crippen LogP contribution < -0.4 is 10.6 Å². The first-order valence-corrected chi connectivity index (χ1v) is 11.4. The molecule has 0 radical (unpaired) electrons. The minimum Gasteiger partial charge on any atom is -0.355 e. The van der Waals surface area contributed by atoms with Crippen LogP contribution in [-0.4, -0.2) is 49.2 Å². The Morgan fingerprint density at radius 2 is 1.80 bits per heavy atom. The van der Waals surface area contributed by atoms with E-state index >= 15 is 0 Å². The SMILES string of the molecule is O=C(CCNC(=O)C1CCCN(S(=O)(=O)c2ccccc2)C1)NCc1ccncc1. The maximum atomic E-state index is 12.8. The van der Waals surface area contributed by atoms with Crippen molar-refractivity contribution in [1.82, 2.24) is 19.9 Å². The quantitative estimate of drug-likeness (QED) is 0.656. The van der Waals surface area contributed by atoms with Gasteiger partial charge in [-0.1, -0.05) is 18.2 Å². The minimum absolute atomic E-state index is 0.150. The van der Waals surface area contributed by atoms with Gasteiger partial charge in [0.05, 0.1) is 10.8 Å². The molecule has 1 aromatic heterocycles. The molecule has 2 amide bonds. The van der Waals surface area contributed by atoms with E-state index in [1.165, 1.54) is 4.31 Å². The number of rotatable bonds is 8. The van der Waals surface area contributed by atoms with Crippen molar-refractivity contribution in [2.45, 2.75) is 30.7 Å². The Morgan fingerprint density at radius 1 is 1.07 bits per heavy atom. The lowest BCUT2D eigenvalue weighted by atomic mass is 9.99. The Labute approximate surface area is 176 Å². The summed E-state index contributed by atoms with van der Waals surface area (Å²) in [4.78, 5) is 28.6. The third-order valence-electron chi connectivity index (χ3n) is 5.03. The topological polar surface area (TPSA) is 108 Å². The molecule has 2 heterocycles. The predicted octanol–water partition coefficient (Wildman–Crippen LogP) is 1.31. The van der Waals surface area contributed by atoms with Gasteiger partial charge < -0.3 is 10.6 Å². The Balaban J connectivity index is 1.44. The molecule has 0 bridgehead atoms. The molecule has 1 unspecified atom stereocenters. The number of aromatic nitrogens is 1. The van der Waals surface area contributed by atoms with E-state index < -0.39 is 15.9 Å². The van der Waals surface area contributed by atoms with E-state index in [-0.39, 0.29) is 36.2 Å². The number of nitrogens with one attached hydrogen (secondary N) is 2. The molecule has 2 N–H and O–H groups in total. The molecule has 1 atom stereocenters. The van der Waals surface area contributed by atoms with E-state index in [4.69, 9.17) is 0 Å². The Hall–Kier alpha value is -2.78. The number of carbonyl (C=O) groups excluding carboxylic acids is 2. The van der Waals surface area contributed by atoms with Gasteiger partial charge in [-0.3, -0.25) is 14.6 Å². The molecule has 0 spiro atoms. The zero-order valence-corrected chi connectivity index (χ0v) is 17.5. The monoisotopic (exact) mass is 430 g/mol. The summed E-state index contributed by atoms with van der Waals surface area (Å²) in [6.45, 7) is 1.17. The molecular formula is C21H26N4O4S. The highest BCUT2D eigenvalue weighted by molar-refractivity contribution is 7.89. The summed E-state index contributed by atoms with van der Waals surface area (Å²) in [6.07, 6.45) is 4.73. The van der Waals surface area contributed by atoms with Crippen molar-refractivity contribution < 1.29 is 18.0 Å². The van der Waals surface area contributed by atoms with E-state index in [1.807, 2.05) is 12.1 Å². The highest BCUT2D eigenvalue weighted by Crippen LogP contribution is 2.23. The molecule has 0 saturated carbocycles. The van der Waals surface area contributed by atoms with Gasteiger partial charge in [0.15, 0.2) is 0 Å². The van der Waals surface area contributed by atoms with Crippen molar-refractivity contribution in [3.05, 3.63) is 60.4 Å². The molecule has 1 aliphatic rings. The van der Waals surface area contributed by atoms with Crippen LogP contribution in [0.3, 0.4) is 0 Å². The lowest BCUT2D eigenvalue weighted by Gasteiger charge is -2.31. The Morgan fingerprint density at radius 3 is 2.53 bits per heavy atom. The normalized spacial score (nSPS) is 17.3. The standard InChI is InChI=1S/C21H26N4O4S/c26-20(24-15-17-8-11-22-12-9-17)10-13-23-21(27)18-5-4-14-25(16-18)30(28,29)19-6-2-1-3-7-19/h1-3,6-9,11-12,18H,4-5,10,13-16H2,(H,23,27)(H,24,26). The van der Waals surface area contributed by atoms with Gasteiger partial charge in [-0.05, 0) is 42.7 Å². The number of hydrogen-bond acceptors (Lipinski definition) is 5. The first-order chi connectivity index (χ1) is 14.5. The van der Waals surface area contributed by atoms with Gasteiger partial charge in [0.2, 0.25) is 21.8 Å². The van der Waals surface area contributed by atoms with Gasteiger partial charge in [-0.15, -0.1) is 0 Å². The van der Waals surface area contributed by atoms with Gasteiger partial charge in [-0.25, -0.2) is 8.42 Å². The fourth-order valence-electron chi connectivity index (χ4n) is 3.35. The predicted molar refractivity (Wildman–Crippen MR) is 112 cm³/mol. The average molecular weight is 431 g/mol. The van der Waals surface area contributed by atoms with Crippen LogP contribution in [0.5, 0.6) is 0 Å². The van der Waals surface area contributed by atoms with Crippen LogP contribution in [0.1, 0.15) is 24.8 Å². The average Bonchev–Trinajstić information content (AvgIpc) is 2.79. The van der Waals surface area contributed by atoms with E-state index in [0.717, 1.165) is 5.56 Å². The van der Waals surface area contributed by atoms with E-state index in [1.54, 1.807) is 42.7 Å². The minimum atomic E-state index is -3.61. The van der Waals surface area contributed by atoms with Crippen LogP contribution in [-0.2, 0) is 26.2 Å². The van der Waals surface area contributed by atoms with E-state index in [0.29, 0.717) is 25.9 Å². The summed E-state index contributed by atoms with van der Waals surface area (Å²) < 4.78 is 26.9. The Bertz CT molecular complexity index is 951. The molecule has 1 fully saturated rings. The summed E-state index contributed by atoms with van der Waals surface area (Å²) in [5.74, 6) is -0.800. The van der Waals surface area contributed by atoms with Gasteiger partial charge in [0, 0.05) is 45.0 Å². The molecular weight excluding hydrogens is 404 g/mol. The highest BCUT2D eigenvalue weighted by Gasteiger charge is 2.33. The molecule has 2 aromatic rings. The van der Waals surface area contributed by atoms with Crippen LogP contribution in [0, 0.1) is 5.92 Å². The number of benzene rings is 1. The summed E-state index contributed by atoms with van der Waals surface area (Å²) in [7, 11) is -3.61. The maximum Gasteiger partial charge on any atom is 0.243 e.